The van der Waals surface area contributed by atoms with Gasteiger partial charge in [0.05, 0.1) is 11.5 Å². The number of nitrogens with zero attached hydrogens (tertiary/aromatic N) is 3. The summed E-state index contributed by atoms with van der Waals surface area (Å²) in [4.78, 5) is 6.35. The Hall–Kier alpha value is -1.14. The van der Waals surface area contributed by atoms with Gasteiger partial charge in [0.2, 0.25) is 0 Å². The van der Waals surface area contributed by atoms with Crippen LogP contribution < -0.4 is 0 Å². The highest BCUT2D eigenvalue weighted by Gasteiger charge is 2.32. The molecule has 1 aliphatic rings. The molecule has 0 aromatic heterocycles. The molecule has 1 fully saturated rings. The largest absolute Gasteiger partial charge is 0.303 e. The van der Waals surface area contributed by atoms with Crippen LogP contribution in [0, 0.1) is 16.7 Å². The van der Waals surface area contributed by atoms with Crippen LogP contribution in [0.3, 0.4) is 0 Å². The molecule has 0 saturated carbocycles. The molecule has 1 rings (SSSR count). The number of nitriles is 1. The van der Waals surface area contributed by atoms with E-state index in [1.54, 1.807) is 7.05 Å². The Morgan fingerprint density at radius 3 is 2.59 bits per heavy atom. The number of hydrogen-bond donors (Lipinski definition) is 0. The van der Waals surface area contributed by atoms with Crippen molar-refractivity contribution in [3.63, 3.8) is 0 Å². The molecule has 17 heavy (non-hydrogen) atoms. The fourth-order valence-corrected chi connectivity index (χ4v) is 2.23. The molecule has 1 saturated heterocycles. The lowest BCUT2D eigenvalue weighted by Gasteiger charge is -2.36. The van der Waals surface area contributed by atoms with Crippen LogP contribution in [0.2, 0.25) is 0 Å². The van der Waals surface area contributed by atoms with Crippen LogP contribution >= 0.6 is 0 Å². The monoisotopic (exact) mass is 233 g/mol. The minimum atomic E-state index is -0.120. The minimum Gasteiger partial charge on any atom is -0.303 e. The number of aliphatic imine (C=N–C) groups is 1. The highest BCUT2D eigenvalue weighted by Crippen LogP contribution is 2.34. The molecule has 0 aromatic rings. The SMILES string of the molecule is CCN1CCC(C#N)(CC=CCC=NC)CC1. The third-order valence-corrected chi connectivity index (χ3v) is 3.60. The smallest absolute Gasteiger partial charge is 0.0694 e. The van der Waals surface area contributed by atoms with Crippen molar-refractivity contribution in [2.45, 2.75) is 32.6 Å². The van der Waals surface area contributed by atoms with Gasteiger partial charge in [-0.05, 0) is 38.9 Å². The molecule has 1 heterocycles. The minimum absolute atomic E-state index is 0.120. The zero-order valence-corrected chi connectivity index (χ0v) is 11.0. The quantitative estimate of drug-likeness (QED) is 0.541. The summed E-state index contributed by atoms with van der Waals surface area (Å²) in [6.07, 6.45) is 9.91. The number of hydrogen-bond acceptors (Lipinski definition) is 3. The maximum atomic E-state index is 9.37. The molecule has 0 unspecified atom stereocenters. The normalized spacial score (nSPS) is 21.0. The third-order valence-electron chi connectivity index (χ3n) is 3.60. The zero-order valence-electron chi connectivity index (χ0n) is 11.0. The van der Waals surface area contributed by atoms with Gasteiger partial charge in [-0.2, -0.15) is 5.26 Å². The third kappa shape index (κ3) is 4.32. The van der Waals surface area contributed by atoms with E-state index in [4.69, 9.17) is 0 Å². The topological polar surface area (TPSA) is 39.4 Å². The van der Waals surface area contributed by atoms with E-state index >= 15 is 0 Å². The predicted octanol–water partition coefficient (Wildman–Crippen LogP) is 2.65. The second kappa shape index (κ2) is 7.24. The van der Waals surface area contributed by atoms with E-state index < -0.39 is 0 Å². The van der Waals surface area contributed by atoms with E-state index in [-0.39, 0.29) is 5.41 Å². The lowest BCUT2D eigenvalue weighted by molar-refractivity contribution is 0.152. The lowest BCUT2D eigenvalue weighted by atomic mass is 9.77. The second-order valence-corrected chi connectivity index (χ2v) is 4.68. The molecule has 3 nitrogen and oxygen atoms in total. The average Bonchev–Trinajstić information content (AvgIpc) is 2.39. The van der Waals surface area contributed by atoms with Gasteiger partial charge >= 0.3 is 0 Å². The Morgan fingerprint density at radius 2 is 2.06 bits per heavy atom. The molecule has 3 heteroatoms. The summed E-state index contributed by atoms with van der Waals surface area (Å²) in [6.45, 7) is 5.41. The van der Waals surface area contributed by atoms with Crippen molar-refractivity contribution in [3.05, 3.63) is 12.2 Å². The fourth-order valence-electron chi connectivity index (χ4n) is 2.23. The van der Waals surface area contributed by atoms with Gasteiger partial charge in [0.25, 0.3) is 0 Å². The van der Waals surface area contributed by atoms with Crippen LogP contribution in [-0.4, -0.2) is 37.8 Å². The second-order valence-electron chi connectivity index (χ2n) is 4.68. The van der Waals surface area contributed by atoms with Gasteiger partial charge < -0.3 is 9.89 Å². The van der Waals surface area contributed by atoms with E-state index in [1.165, 1.54) is 0 Å². The van der Waals surface area contributed by atoms with Gasteiger partial charge in [-0.15, -0.1) is 0 Å². The van der Waals surface area contributed by atoms with Crippen LogP contribution in [-0.2, 0) is 0 Å². The first-order valence-corrected chi connectivity index (χ1v) is 6.45. The lowest BCUT2D eigenvalue weighted by Crippen LogP contribution is -2.39. The van der Waals surface area contributed by atoms with Crippen molar-refractivity contribution in [1.82, 2.24) is 4.90 Å². The molecule has 0 spiro atoms. The van der Waals surface area contributed by atoms with E-state index in [2.05, 4.69) is 35.0 Å². The molecule has 0 aromatic carbocycles. The summed E-state index contributed by atoms with van der Waals surface area (Å²) in [5, 5.41) is 9.37. The fraction of sp³-hybridized carbons (Fsp3) is 0.714. The highest BCUT2D eigenvalue weighted by atomic mass is 15.1. The van der Waals surface area contributed by atoms with Gasteiger partial charge in [0.15, 0.2) is 0 Å². The first kappa shape index (κ1) is 13.9. The van der Waals surface area contributed by atoms with Crippen LogP contribution in [0.5, 0.6) is 0 Å². The van der Waals surface area contributed by atoms with Crippen LogP contribution in [0.4, 0.5) is 0 Å². The first-order chi connectivity index (χ1) is 8.26. The van der Waals surface area contributed by atoms with Crippen LogP contribution in [0.25, 0.3) is 0 Å². The Bertz CT molecular complexity index is 304. The molecule has 0 amide bonds. The Morgan fingerprint density at radius 1 is 1.35 bits per heavy atom. The molecular weight excluding hydrogens is 210 g/mol. The van der Waals surface area contributed by atoms with E-state index in [1.807, 2.05) is 6.21 Å². The van der Waals surface area contributed by atoms with E-state index in [9.17, 15) is 5.26 Å². The van der Waals surface area contributed by atoms with Crippen molar-refractivity contribution in [2.24, 2.45) is 10.4 Å². The predicted molar refractivity (Wildman–Crippen MR) is 72.2 cm³/mol. The van der Waals surface area contributed by atoms with Gasteiger partial charge in [-0.1, -0.05) is 19.1 Å². The average molecular weight is 233 g/mol. The zero-order chi connectivity index (χ0) is 12.6. The van der Waals surface area contributed by atoms with Gasteiger partial charge in [0.1, 0.15) is 0 Å². The summed E-state index contributed by atoms with van der Waals surface area (Å²) in [6, 6.07) is 2.54. The Labute approximate surface area is 105 Å². The summed E-state index contributed by atoms with van der Waals surface area (Å²) < 4.78 is 0. The summed E-state index contributed by atoms with van der Waals surface area (Å²) >= 11 is 0. The van der Waals surface area contributed by atoms with Crippen molar-refractivity contribution in [1.29, 1.82) is 5.26 Å². The molecular formula is C14H23N3. The number of rotatable bonds is 5. The van der Waals surface area contributed by atoms with E-state index in [0.717, 1.165) is 45.3 Å². The molecule has 0 aliphatic carbocycles. The first-order valence-electron chi connectivity index (χ1n) is 6.45. The summed E-state index contributed by atoms with van der Waals surface area (Å²) in [5.74, 6) is 0. The van der Waals surface area contributed by atoms with Gasteiger partial charge in [0, 0.05) is 19.7 Å². The molecule has 0 atom stereocenters. The van der Waals surface area contributed by atoms with Crippen molar-refractivity contribution in [3.8, 4) is 6.07 Å². The molecule has 94 valence electrons. The van der Waals surface area contributed by atoms with Crippen molar-refractivity contribution in [2.75, 3.05) is 26.7 Å². The molecule has 1 aliphatic heterocycles. The maximum Gasteiger partial charge on any atom is 0.0694 e. The molecule has 0 radical (unpaired) electrons. The number of likely N-dealkylation sites (tertiary alicyclic amines) is 1. The number of piperidine rings is 1. The Kier molecular flexibility index (Phi) is 5.93. The Balaban J connectivity index is 2.43. The van der Waals surface area contributed by atoms with Crippen molar-refractivity contribution < 1.29 is 0 Å². The van der Waals surface area contributed by atoms with Crippen molar-refractivity contribution >= 4 is 6.21 Å². The maximum absolute atomic E-state index is 9.37. The van der Waals surface area contributed by atoms with Gasteiger partial charge in [-0.25, -0.2) is 0 Å². The van der Waals surface area contributed by atoms with Crippen LogP contribution in [0.15, 0.2) is 17.1 Å². The van der Waals surface area contributed by atoms with Gasteiger partial charge in [-0.3, -0.25) is 0 Å². The number of allylic oxidation sites excluding steroid dienone is 2. The molecule has 0 N–H and O–H groups in total. The standard InChI is InChI=1S/C14H23N3/c1-3-17-11-8-14(13-15,9-12-17)7-5-4-6-10-16-2/h4-5,10H,3,6-9,11-12H2,1-2H3. The summed E-state index contributed by atoms with van der Waals surface area (Å²) in [7, 11) is 1.78. The van der Waals surface area contributed by atoms with Crippen LogP contribution in [0.1, 0.15) is 32.6 Å². The summed E-state index contributed by atoms with van der Waals surface area (Å²) in [5.41, 5.74) is -0.120. The highest BCUT2D eigenvalue weighted by molar-refractivity contribution is 5.58. The van der Waals surface area contributed by atoms with E-state index in [0.29, 0.717) is 0 Å². The molecule has 0 bridgehead atoms.